The van der Waals surface area contributed by atoms with Gasteiger partial charge in [0, 0.05) is 0 Å². The van der Waals surface area contributed by atoms with Gasteiger partial charge in [-0.3, -0.25) is 0 Å². The molecule has 0 spiro atoms. The molecule has 25 heteroatoms. The van der Waals surface area contributed by atoms with E-state index in [2.05, 4.69) is 0 Å². The SMILES string of the molecule is FS(F)(F)F.Fc1c(F)c(F)c2c(c1F)C(F)(F)C1=C(C(F)(F)C3=C(C1(F)F)C(F)(F)c1c(F)c(F)c(F)c(F)c1C3(F)F)C2(F)F. The third kappa shape index (κ3) is 4.52. The number of hydrogen-bond donors (Lipinski definition) is 0. The minimum Gasteiger partial charge on any atom is -0.203 e. The summed E-state index contributed by atoms with van der Waals surface area (Å²) < 4.78 is 334. The van der Waals surface area contributed by atoms with Crippen LogP contribution in [0.1, 0.15) is 22.3 Å². The Balaban J connectivity index is 0.000000930. The van der Waals surface area contributed by atoms with E-state index in [0.29, 0.717) is 0 Å². The lowest BCUT2D eigenvalue weighted by atomic mass is 9.63. The standard InChI is InChI=1S/C22F20.F4S/c23-5-1-2(6(24)10(28)9(5)27)18(33,34)14-13(17(1,31)32)21(39,40)15-16(22(14,41)42)20(37,38)4-3(19(15,35)36)7(25)11(29)12(30)8(4)26;1-5(2,3)4. The molecule has 3 aliphatic carbocycles. The molecule has 2 aromatic rings. The maximum Gasteiger partial charge on any atom is 0.379 e. The van der Waals surface area contributed by atoms with Crippen LogP contribution in [0.15, 0.2) is 22.3 Å². The van der Waals surface area contributed by atoms with Crippen molar-refractivity contribution in [2.45, 2.75) is 35.5 Å². The molecule has 2 aromatic carbocycles. The second-order valence-corrected chi connectivity index (χ2v) is 10.0. The Morgan fingerprint density at radius 1 is 0.255 bits per heavy atom. The molecule has 0 N–H and O–H groups in total. The van der Waals surface area contributed by atoms with Crippen LogP contribution in [-0.4, -0.2) is 11.8 Å². The van der Waals surface area contributed by atoms with Crippen molar-refractivity contribution in [3.8, 4) is 0 Å². The normalized spacial score (nSPS) is 22.8. The van der Waals surface area contributed by atoms with Gasteiger partial charge in [0.05, 0.1) is 44.5 Å². The fraction of sp³-hybridized carbons (Fsp3) is 0.273. The molecule has 0 saturated carbocycles. The van der Waals surface area contributed by atoms with Crippen LogP contribution in [0.2, 0.25) is 0 Å². The van der Waals surface area contributed by atoms with E-state index in [0.717, 1.165) is 0 Å². The predicted molar refractivity (Wildman–Crippen MR) is 104 cm³/mol. The van der Waals surface area contributed by atoms with Gasteiger partial charge in [0.1, 0.15) is 0 Å². The van der Waals surface area contributed by atoms with Crippen LogP contribution in [-0.2, 0) is 23.7 Å². The highest BCUT2D eigenvalue weighted by atomic mass is 32.4. The van der Waals surface area contributed by atoms with Crippen molar-refractivity contribution < 1.29 is 103 Å². The van der Waals surface area contributed by atoms with Crippen molar-refractivity contribution in [1.29, 1.82) is 0 Å². The molecule has 0 aromatic heterocycles. The van der Waals surface area contributed by atoms with Crippen LogP contribution < -0.4 is 0 Å². The Labute approximate surface area is 242 Å². The average molecular weight is 752 g/mol. The van der Waals surface area contributed by atoms with Gasteiger partial charge < -0.3 is 0 Å². The third-order valence-electron chi connectivity index (χ3n) is 6.80. The Morgan fingerprint density at radius 2 is 0.383 bits per heavy atom. The molecule has 5 rings (SSSR count). The summed E-state index contributed by atoms with van der Waals surface area (Å²) in [7, 11) is 0. The summed E-state index contributed by atoms with van der Waals surface area (Å²) in [5, 5.41) is 0. The molecule has 0 heterocycles. The molecule has 0 unspecified atom stereocenters. The maximum absolute atomic E-state index is 15.5. The van der Waals surface area contributed by atoms with Crippen LogP contribution in [0.5, 0.6) is 0 Å². The molecule has 0 radical (unpaired) electrons. The van der Waals surface area contributed by atoms with E-state index in [1.807, 2.05) is 0 Å². The van der Waals surface area contributed by atoms with E-state index in [9.17, 15) is 50.7 Å². The van der Waals surface area contributed by atoms with Crippen molar-refractivity contribution in [1.82, 2.24) is 0 Å². The summed E-state index contributed by atoms with van der Waals surface area (Å²) in [6.07, 6.45) is 0. The van der Waals surface area contributed by atoms with Gasteiger partial charge >= 0.3 is 47.1 Å². The Morgan fingerprint density at radius 3 is 0.511 bits per heavy atom. The number of benzene rings is 2. The van der Waals surface area contributed by atoms with Crippen molar-refractivity contribution in [3.63, 3.8) is 0 Å². The van der Waals surface area contributed by atoms with Crippen LogP contribution in [0, 0.1) is 46.5 Å². The lowest BCUT2D eigenvalue weighted by Gasteiger charge is -2.49. The lowest BCUT2D eigenvalue weighted by molar-refractivity contribution is -0.141. The first-order valence-electron chi connectivity index (χ1n) is 10.9. The molecule has 0 nitrogen and oxygen atoms in total. The number of alkyl halides is 12. The topological polar surface area (TPSA) is 0 Å². The summed E-state index contributed by atoms with van der Waals surface area (Å²) in [4.78, 5) is 0. The van der Waals surface area contributed by atoms with Gasteiger partial charge in [-0.25, -0.2) is 35.1 Å². The first-order valence-corrected chi connectivity index (χ1v) is 12.1. The van der Waals surface area contributed by atoms with Crippen LogP contribution in [0.25, 0.3) is 0 Å². The smallest absolute Gasteiger partial charge is 0.203 e. The molecular formula is C22F24S. The first-order chi connectivity index (χ1) is 20.7. The van der Waals surface area contributed by atoms with Crippen LogP contribution in [0.3, 0.4) is 0 Å². The highest BCUT2D eigenvalue weighted by molar-refractivity contribution is 8.16. The number of halogens is 24. The number of hydrogen-bond acceptors (Lipinski definition) is 0. The van der Waals surface area contributed by atoms with Gasteiger partial charge in [-0.1, -0.05) is 15.5 Å². The van der Waals surface area contributed by atoms with E-state index >= 15 is 52.7 Å². The predicted octanol–water partition coefficient (Wildman–Crippen LogP) is 11.1. The first kappa shape index (κ1) is 36.4. The highest BCUT2D eigenvalue weighted by Crippen LogP contribution is 2.72. The molecule has 3 aliphatic rings. The molecule has 0 saturated heterocycles. The molecule has 0 atom stereocenters. The second kappa shape index (κ2) is 9.83. The molecule has 0 bridgehead atoms. The number of allylic oxidation sites excluding steroid dienone is 4. The largest absolute Gasteiger partial charge is 0.379 e. The molecule has 47 heavy (non-hydrogen) atoms. The molecular weight excluding hydrogens is 752 g/mol. The third-order valence-corrected chi connectivity index (χ3v) is 6.80. The monoisotopic (exact) mass is 752 g/mol. The summed E-state index contributed by atoms with van der Waals surface area (Å²) in [6, 6.07) is 0. The van der Waals surface area contributed by atoms with Gasteiger partial charge in [-0.2, -0.15) is 52.7 Å². The zero-order valence-electron chi connectivity index (χ0n) is 20.5. The summed E-state index contributed by atoms with van der Waals surface area (Å²) >= 11 is -6.17. The minimum atomic E-state index is -7.05. The number of fused-ring (bicyclic) bond motifs is 2. The maximum atomic E-state index is 15.5. The van der Waals surface area contributed by atoms with Crippen LogP contribution in [0.4, 0.5) is 103 Å². The van der Waals surface area contributed by atoms with E-state index in [4.69, 9.17) is 0 Å². The zero-order valence-corrected chi connectivity index (χ0v) is 21.3. The van der Waals surface area contributed by atoms with Crippen molar-refractivity contribution in [2.75, 3.05) is 0 Å². The summed E-state index contributed by atoms with van der Waals surface area (Å²) in [6.45, 7) is 0. The summed E-state index contributed by atoms with van der Waals surface area (Å²) in [5.74, 6) is -69.1. The van der Waals surface area contributed by atoms with Crippen molar-refractivity contribution >= 4 is 11.6 Å². The fourth-order valence-corrected chi connectivity index (χ4v) is 5.24. The van der Waals surface area contributed by atoms with E-state index in [1.54, 1.807) is 0 Å². The van der Waals surface area contributed by atoms with Crippen LogP contribution >= 0.6 is 11.6 Å². The Bertz CT molecular complexity index is 1560. The average Bonchev–Trinajstić information content (AvgIpc) is 2.87. The minimum absolute atomic E-state index is 3.42. The second-order valence-electron chi connectivity index (χ2n) is 9.31. The quantitative estimate of drug-likeness (QED) is 0.109. The fourth-order valence-electron chi connectivity index (χ4n) is 5.24. The lowest BCUT2D eigenvalue weighted by Crippen LogP contribution is -2.58. The Hall–Kier alpha value is -3.41. The van der Waals surface area contributed by atoms with Gasteiger partial charge in [0.2, 0.25) is 0 Å². The number of rotatable bonds is 0. The Kier molecular flexibility index (Phi) is 7.61. The summed E-state index contributed by atoms with van der Waals surface area (Å²) in [5.41, 5.74) is -32.1. The van der Waals surface area contributed by atoms with E-state index in [-0.39, 0.29) is 0 Å². The molecule has 0 fully saturated rings. The van der Waals surface area contributed by atoms with Gasteiger partial charge in [-0.15, -0.1) is 0 Å². The zero-order chi connectivity index (χ0) is 36.7. The van der Waals surface area contributed by atoms with Gasteiger partial charge in [0.15, 0.2) is 46.5 Å². The van der Waals surface area contributed by atoms with Crippen molar-refractivity contribution in [3.05, 3.63) is 91.1 Å². The van der Waals surface area contributed by atoms with Crippen molar-refractivity contribution in [2.24, 2.45) is 0 Å². The highest BCUT2D eigenvalue weighted by Gasteiger charge is 2.80. The molecule has 0 amide bonds. The molecule has 0 aliphatic heterocycles. The molecule has 262 valence electrons. The van der Waals surface area contributed by atoms with E-state index < -0.39 is 138 Å². The van der Waals surface area contributed by atoms with E-state index in [1.165, 1.54) is 0 Å². The van der Waals surface area contributed by atoms with Gasteiger partial charge in [0.25, 0.3) is 0 Å². The van der Waals surface area contributed by atoms with Gasteiger partial charge in [-0.05, 0) is 0 Å².